The van der Waals surface area contributed by atoms with Crippen LogP contribution in [0, 0.1) is 0 Å². The molecule has 0 radical (unpaired) electrons. The maximum absolute atomic E-state index is 12.4. The molecule has 0 aromatic heterocycles. The Bertz CT molecular complexity index is 605. The molecule has 1 aromatic rings. The zero-order valence-electron chi connectivity index (χ0n) is 15.2. The van der Waals surface area contributed by atoms with Crippen molar-refractivity contribution in [2.45, 2.75) is 58.1 Å². The summed E-state index contributed by atoms with van der Waals surface area (Å²) < 4.78 is 6.32. The highest BCUT2D eigenvalue weighted by atomic mass is 79.9. The van der Waals surface area contributed by atoms with E-state index in [1.54, 1.807) is 0 Å². The first-order valence-electron chi connectivity index (χ1n) is 8.75. The molecule has 0 bridgehead atoms. The summed E-state index contributed by atoms with van der Waals surface area (Å²) in [7, 11) is 0. The molecule has 2 amide bonds. The largest absolute Gasteiger partial charge is 0.444 e. The number of hydrogen-bond donors (Lipinski definition) is 1. The number of rotatable bonds is 4. The summed E-state index contributed by atoms with van der Waals surface area (Å²) in [4.78, 5) is 26.1. The second-order valence-electron chi connectivity index (χ2n) is 7.39. The molecule has 0 atom stereocenters. The van der Waals surface area contributed by atoms with E-state index in [2.05, 4.69) is 21.2 Å². The van der Waals surface area contributed by atoms with Crippen LogP contribution < -0.4 is 5.32 Å². The maximum atomic E-state index is 12.4. The third-order valence-electron chi connectivity index (χ3n) is 4.13. The van der Waals surface area contributed by atoms with E-state index in [4.69, 9.17) is 4.74 Å². The van der Waals surface area contributed by atoms with Crippen LogP contribution in [-0.2, 0) is 16.0 Å². The zero-order chi connectivity index (χ0) is 18.4. The Morgan fingerprint density at radius 2 is 1.88 bits per heavy atom. The summed E-state index contributed by atoms with van der Waals surface area (Å²) in [5, 5.41) is 2.89. The monoisotopic (exact) mass is 410 g/mol. The standard InChI is InChI=1S/C19H27BrN2O3/c1-19(2,3)25-18(24)21-15-10-12-22(13-11-15)17(23)9-8-14-6-4-5-7-16(14)20/h4-7,15H,8-13H2,1-3H3,(H,21,24). The molecular weight excluding hydrogens is 384 g/mol. The quantitative estimate of drug-likeness (QED) is 0.818. The molecule has 25 heavy (non-hydrogen) atoms. The van der Waals surface area contributed by atoms with Crippen LogP contribution in [0.15, 0.2) is 28.7 Å². The zero-order valence-corrected chi connectivity index (χ0v) is 16.8. The van der Waals surface area contributed by atoms with Crippen LogP contribution in [0.2, 0.25) is 0 Å². The lowest BCUT2D eigenvalue weighted by atomic mass is 10.0. The van der Waals surface area contributed by atoms with E-state index in [0.717, 1.165) is 29.3 Å². The second kappa shape index (κ2) is 8.70. The van der Waals surface area contributed by atoms with Crippen LogP contribution in [-0.4, -0.2) is 41.6 Å². The SMILES string of the molecule is CC(C)(C)OC(=O)NC1CCN(C(=O)CCc2ccccc2Br)CC1. The molecule has 1 fully saturated rings. The van der Waals surface area contributed by atoms with Crippen molar-refractivity contribution in [2.75, 3.05) is 13.1 Å². The van der Waals surface area contributed by atoms with Crippen LogP contribution in [0.25, 0.3) is 0 Å². The molecule has 1 aromatic carbocycles. The van der Waals surface area contributed by atoms with Gasteiger partial charge in [0.15, 0.2) is 0 Å². The van der Waals surface area contributed by atoms with Crippen LogP contribution in [0.1, 0.15) is 45.6 Å². The summed E-state index contributed by atoms with van der Waals surface area (Å²) in [5.74, 6) is 0.173. The van der Waals surface area contributed by atoms with Gasteiger partial charge in [-0.25, -0.2) is 4.79 Å². The first-order valence-corrected chi connectivity index (χ1v) is 9.54. The van der Waals surface area contributed by atoms with Crippen molar-refractivity contribution in [3.63, 3.8) is 0 Å². The number of nitrogens with zero attached hydrogens (tertiary/aromatic N) is 1. The maximum Gasteiger partial charge on any atom is 0.407 e. The highest BCUT2D eigenvalue weighted by molar-refractivity contribution is 9.10. The van der Waals surface area contributed by atoms with Crippen molar-refractivity contribution >= 4 is 27.9 Å². The predicted molar refractivity (Wildman–Crippen MR) is 101 cm³/mol. The van der Waals surface area contributed by atoms with Crippen molar-refractivity contribution in [1.82, 2.24) is 10.2 Å². The number of piperidine rings is 1. The third kappa shape index (κ3) is 6.69. The Kier molecular flexibility index (Phi) is 6.87. The van der Waals surface area contributed by atoms with Crippen molar-refractivity contribution in [1.29, 1.82) is 0 Å². The van der Waals surface area contributed by atoms with E-state index in [1.165, 1.54) is 0 Å². The molecule has 1 heterocycles. The molecule has 5 nitrogen and oxygen atoms in total. The van der Waals surface area contributed by atoms with Gasteiger partial charge in [0.2, 0.25) is 5.91 Å². The number of ether oxygens (including phenoxy) is 1. The van der Waals surface area contributed by atoms with Crippen molar-refractivity contribution in [2.24, 2.45) is 0 Å². The number of aryl methyl sites for hydroxylation is 1. The molecule has 138 valence electrons. The minimum Gasteiger partial charge on any atom is -0.444 e. The number of halogens is 1. The van der Waals surface area contributed by atoms with E-state index >= 15 is 0 Å². The van der Waals surface area contributed by atoms with E-state index in [-0.39, 0.29) is 18.0 Å². The molecule has 6 heteroatoms. The predicted octanol–water partition coefficient (Wildman–Crippen LogP) is 3.90. The molecule has 0 spiro atoms. The summed E-state index contributed by atoms with van der Waals surface area (Å²) in [6, 6.07) is 8.06. The average molecular weight is 411 g/mol. The van der Waals surface area contributed by atoms with Crippen LogP contribution in [0.4, 0.5) is 4.79 Å². The van der Waals surface area contributed by atoms with Gasteiger partial charge in [0.05, 0.1) is 0 Å². The lowest BCUT2D eigenvalue weighted by Crippen LogP contribution is -2.47. The Morgan fingerprint density at radius 3 is 2.48 bits per heavy atom. The Balaban J connectivity index is 1.73. The highest BCUT2D eigenvalue weighted by Gasteiger charge is 2.25. The lowest BCUT2D eigenvalue weighted by molar-refractivity contribution is -0.132. The topological polar surface area (TPSA) is 58.6 Å². The Hall–Kier alpha value is -1.56. The second-order valence-corrected chi connectivity index (χ2v) is 8.25. The van der Waals surface area contributed by atoms with Gasteiger partial charge in [-0.2, -0.15) is 0 Å². The summed E-state index contributed by atoms with van der Waals surface area (Å²) in [6.07, 6.45) is 2.38. The van der Waals surface area contributed by atoms with E-state index in [9.17, 15) is 9.59 Å². The number of benzene rings is 1. The number of hydrogen-bond acceptors (Lipinski definition) is 3. The van der Waals surface area contributed by atoms with Gasteiger partial charge in [-0.1, -0.05) is 34.1 Å². The van der Waals surface area contributed by atoms with Gasteiger partial charge in [0.25, 0.3) is 0 Å². The van der Waals surface area contributed by atoms with Crippen molar-refractivity contribution in [3.05, 3.63) is 34.3 Å². The highest BCUT2D eigenvalue weighted by Crippen LogP contribution is 2.19. The molecule has 1 aliphatic rings. The Morgan fingerprint density at radius 1 is 1.24 bits per heavy atom. The molecule has 0 unspecified atom stereocenters. The van der Waals surface area contributed by atoms with Gasteiger partial charge in [-0.15, -0.1) is 0 Å². The molecule has 0 aliphatic carbocycles. The molecule has 1 saturated heterocycles. The van der Waals surface area contributed by atoms with Crippen molar-refractivity contribution < 1.29 is 14.3 Å². The van der Waals surface area contributed by atoms with E-state index in [1.807, 2.05) is 49.9 Å². The van der Waals surface area contributed by atoms with Crippen LogP contribution in [0.5, 0.6) is 0 Å². The molecular formula is C19H27BrN2O3. The summed E-state index contributed by atoms with van der Waals surface area (Å²) in [6.45, 7) is 6.89. The smallest absolute Gasteiger partial charge is 0.407 e. The van der Waals surface area contributed by atoms with Gasteiger partial charge in [0, 0.05) is 30.0 Å². The normalized spacial score (nSPS) is 15.8. The van der Waals surface area contributed by atoms with Gasteiger partial charge < -0.3 is 15.0 Å². The number of carbonyl (C=O) groups is 2. The molecule has 0 saturated carbocycles. The fourth-order valence-corrected chi connectivity index (χ4v) is 3.33. The summed E-state index contributed by atoms with van der Waals surface area (Å²) >= 11 is 3.52. The van der Waals surface area contributed by atoms with Crippen LogP contribution in [0.3, 0.4) is 0 Å². The van der Waals surface area contributed by atoms with E-state index < -0.39 is 5.60 Å². The van der Waals surface area contributed by atoms with Crippen LogP contribution >= 0.6 is 15.9 Å². The van der Waals surface area contributed by atoms with Crippen molar-refractivity contribution in [3.8, 4) is 0 Å². The van der Waals surface area contributed by atoms with E-state index in [0.29, 0.717) is 19.5 Å². The fraction of sp³-hybridized carbons (Fsp3) is 0.579. The number of alkyl carbamates (subject to hydrolysis) is 1. The van der Waals surface area contributed by atoms with Gasteiger partial charge in [0.1, 0.15) is 5.60 Å². The van der Waals surface area contributed by atoms with Gasteiger partial charge in [-0.3, -0.25) is 4.79 Å². The average Bonchev–Trinajstić information content (AvgIpc) is 2.52. The Labute approximate surface area is 158 Å². The third-order valence-corrected chi connectivity index (χ3v) is 4.91. The number of nitrogens with one attached hydrogen (secondary N) is 1. The van der Waals surface area contributed by atoms with Gasteiger partial charge >= 0.3 is 6.09 Å². The minimum atomic E-state index is -0.494. The number of amides is 2. The molecule has 2 rings (SSSR count). The molecule has 1 aliphatic heterocycles. The summed E-state index contributed by atoms with van der Waals surface area (Å²) in [5.41, 5.74) is 0.657. The fourth-order valence-electron chi connectivity index (χ4n) is 2.85. The minimum absolute atomic E-state index is 0.0715. The lowest BCUT2D eigenvalue weighted by Gasteiger charge is -2.33. The first kappa shape index (κ1) is 19.8. The number of carbonyl (C=O) groups excluding carboxylic acids is 2. The number of likely N-dealkylation sites (tertiary alicyclic amines) is 1. The molecule has 1 N–H and O–H groups in total. The first-order chi connectivity index (χ1) is 11.7. The van der Waals surface area contributed by atoms with Gasteiger partial charge in [-0.05, 0) is 51.7 Å².